The van der Waals surface area contributed by atoms with E-state index in [-0.39, 0.29) is 18.0 Å². The fourth-order valence-corrected chi connectivity index (χ4v) is 4.17. The normalized spacial score (nSPS) is 17.5. The summed E-state index contributed by atoms with van der Waals surface area (Å²) in [5.74, 6) is -0.0132. The monoisotopic (exact) mass is 443 g/mol. The van der Waals surface area contributed by atoms with Crippen LogP contribution in [0.1, 0.15) is 31.5 Å². The number of nitrogens with one attached hydrogen (secondary N) is 2. The maximum absolute atomic E-state index is 12.9. The standard InChI is InChI=1S/C21H26ClN7O2/c1-14(29-13-23-12-25-29)20(30)28-7-3-4-18(11-28)27(2)21(31)24-10-17-9-15-8-16(22)5-6-19(15)26-17/h5-6,8-9,12-14,18,26H,3-4,7,10-11H2,1-2H3,(H,24,31)/t14?,18-/m1/s1. The second-order valence-corrected chi connectivity index (χ2v) is 8.36. The first-order chi connectivity index (χ1) is 14.9. The molecule has 10 heteroatoms. The molecule has 1 aliphatic heterocycles. The molecule has 2 aromatic heterocycles. The van der Waals surface area contributed by atoms with Crippen molar-refractivity contribution in [3.8, 4) is 0 Å². The van der Waals surface area contributed by atoms with Crippen LogP contribution < -0.4 is 5.32 Å². The molecule has 1 saturated heterocycles. The van der Waals surface area contributed by atoms with Gasteiger partial charge in [0.1, 0.15) is 18.7 Å². The Hall–Kier alpha value is -3.07. The molecular formula is C21H26ClN7O2. The maximum Gasteiger partial charge on any atom is 0.317 e. The molecule has 1 fully saturated rings. The van der Waals surface area contributed by atoms with Gasteiger partial charge < -0.3 is 20.1 Å². The van der Waals surface area contributed by atoms with Gasteiger partial charge in [-0.05, 0) is 44.0 Å². The van der Waals surface area contributed by atoms with E-state index in [4.69, 9.17) is 11.6 Å². The van der Waals surface area contributed by atoms with Gasteiger partial charge in [0.2, 0.25) is 5.91 Å². The predicted molar refractivity (Wildman–Crippen MR) is 118 cm³/mol. The lowest BCUT2D eigenvalue weighted by Crippen LogP contribution is -2.53. The van der Waals surface area contributed by atoms with Gasteiger partial charge in [0, 0.05) is 41.8 Å². The summed E-state index contributed by atoms with van der Waals surface area (Å²) in [6, 6.07) is 6.99. The Balaban J connectivity index is 1.33. The number of nitrogens with zero attached hydrogens (tertiary/aromatic N) is 5. The minimum atomic E-state index is -0.420. The number of hydrogen-bond acceptors (Lipinski definition) is 4. The van der Waals surface area contributed by atoms with Crippen LogP contribution in [0.15, 0.2) is 36.9 Å². The van der Waals surface area contributed by atoms with E-state index in [9.17, 15) is 9.59 Å². The number of urea groups is 1. The van der Waals surface area contributed by atoms with Gasteiger partial charge in [-0.25, -0.2) is 14.5 Å². The molecule has 1 unspecified atom stereocenters. The summed E-state index contributed by atoms with van der Waals surface area (Å²) in [5.41, 5.74) is 1.88. The number of hydrogen-bond donors (Lipinski definition) is 2. The summed E-state index contributed by atoms with van der Waals surface area (Å²) < 4.78 is 1.55. The van der Waals surface area contributed by atoms with E-state index in [0.717, 1.165) is 29.4 Å². The first-order valence-electron chi connectivity index (χ1n) is 10.3. The lowest BCUT2D eigenvalue weighted by molar-refractivity contribution is -0.136. The summed E-state index contributed by atoms with van der Waals surface area (Å²) >= 11 is 6.04. The number of halogens is 1. The van der Waals surface area contributed by atoms with E-state index in [1.54, 1.807) is 23.0 Å². The summed E-state index contributed by atoms with van der Waals surface area (Å²) in [4.78, 5) is 36.3. The van der Waals surface area contributed by atoms with Crippen molar-refractivity contribution in [2.24, 2.45) is 0 Å². The van der Waals surface area contributed by atoms with Crippen molar-refractivity contribution < 1.29 is 9.59 Å². The number of aromatic amines is 1. The topological polar surface area (TPSA) is 99.2 Å². The summed E-state index contributed by atoms with van der Waals surface area (Å²) in [6.07, 6.45) is 4.67. The molecule has 1 aliphatic rings. The fraction of sp³-hybridized carbons (Fsp3) is 0.429. The number of piperidine rings is 1. The van der Waals surface area contributed by atoms with Crippen LogP contribution in [0.2, 0.25) is 5.02 Å². The fourth-order valence-electron chi connectivity index (χ4n) is 3.99. The van der Waals surface area contributed by atoms with E-state index in [1.807, 2.05) is 36.1 Å². The highest BCUT2D eigenvalue weighted by atomic mass is 35.5. The molecule has 31 heavy (non-hydrogen) atoms. The van der Waals surface area contributed by atoms with E-state index < -0.39 is 6.04 Å². The first kappa shape index (κ1) is 21.2. The zero-order chi connectivity index (χ0) is 22.0. The van der Waals surface area contributed by atoms with Crippen LogP contribution in [-0.2, 0) is 11.3 Å². The van der Waals surface area contributed by atoms with Crippen molar-refractivity contribution in [2.75, 3.05) is 20.1 Å². The van der Waals surface area contributed by atoms with Crippen LogP contribution in [0.3, 0.4) is 0 Å². The number of likely N-dealkylation sites (N-methyl/N-ethyl adjacent to an activating group) is 1. The number of aromatic nitrogens is 4. The predicted octanol–water partition coefficient (Wildman–Crippen LogP) is 2.81. The minimum absolute atomic E-state index is 0.0132. The highest BCUT2D eigenvalue weighted by Gasteiger charge is 2.31. The average molecular weight is 444 g/mol. The number of benzene rings is 1. The molecule has 0 bridgehead atoms. The zero-order valence-electron chi connectivity index (χ0n) is 17.6. The van der Waals surface area contributed by atoms with Gasteiger partial charge in [0.05, 0.1) is 12.6 Å². The van der Waals surface area contributed by atoms with Crippen molar-refractivity contribution in [3.63, 3.8) is 0 Å². The third-order valence-corrected chi connectivity index (χ3v) is 6.07. The van der Waals surface area contributed by atoms with Gasteiger partial charge in [-0.1, -0.05) is 11.6 Å². The van der Waals surface area contributed by atoms with Crippen molar-refractivity contribution >= 4 is 34.4 Å². The van der Waals surface area contributed by atoms with Gasteiger partial charge in [-0.3, -0.25) is 4.79 Å². The van der Waals surface area contributed by atoms with Crippen LogP contribution in [-0.4, -0.2) is 67.7 Å². The van der Waals surface area contributed by atoms with E-state index in [2.05, 4.69) is 20.4 Å². The van der Waals surface area contributed by atoms with Crippen molar-refractivity contribution in [1.82, 2.24) is 34.9 Å². The van der Waals surface area contributed by atoms with Crippen LogP contribution in [0.5, 0.6) is 0 Å². The molecule has 0 radical (unpaired) electrons. The van der Waals surface area contributed by atoms with Crippen molar-refractivity contribution in [2.45, 2.75) is 38.4 Å². The van der Waals surface area contributed by atoms with E-state index in [0.29, 0.717) is 24.7 Å². The highest BCUT2D eigenvalue weighted by Crippen LogP contribution is 2.21. The quantitative estimate of drug-likeness (QED) is 0.633. The van der Waals surface area contributed by atoms with E-state index >= 15 is 0 Å². The Morgan fingerprint density at radius 2 is 2.23 bits per heavy atom. The summed E-state index contributed by atoms with van der Waals surface area (Å²) in [6.45, 7) is 3.38. The minimum Gasteiger partial charge on any atom is -0.357 e. The van der Waals surface area contributed by atoms with Gasteiger partial charge in [0.15, 0.2) is 0 Å². The Kier molecular flexibility index (Phi) is 6.13. The molecule has 164 valence electrons. The number of amides is 3. The number of carbonyl (C=O) groups is 2. The summed E-state index contributed by atoms with van der Waals surface area (Å²) in [7, 11) is 1.78. The Morgan fingerprint density at radius 1 is 1.39 bits per heavy atom. The van der Waals surface area contributed by atoms with Crippen LogP contribution in [0.25, 0.3) is 10.9 Å². The highest BCUT2D eigenvalue weighted by molar-refractivity contribution is 6.31. The van der Waals surface area contributed by atoms with Crippen LogP contribution in [0, 0.1) is 0 Å². The first-order valence-corrected chi connectivity index (χ1v) is 10.7. The molecule has 1 aromatic carbocycles. The second kappa shape index (κ2) is 8.97. The van der Waals surface area contributed by atoms with Gasteiger partial charge in [0.25, 0.3) is 0 Å². The Bertz CT molecular complexity index is 1070. The number of carbonyl (C=O) groups excluding carboxylic acids is 2. The Labute approximate surface area is 185 Å². The third kappa shape index (κ3) is 4.66. The summed E-state index contributed by atoms with van der Waals surface area (Å²) in [5, 5.41) is 8.70. The van der Waals surface area contributed by atoms with E-state index in [1.165, 1.54) is 6.33 Å². The zero-order valence-corrected chi connectivity index (χ0v) is 18.3. The lowest BCUT2D eigenvalue weighted by atomic mass is 10.0. The van der Waals surface area contributed by atoms with Gasteiger partial charge >= 0.3 is 6.03 Å². The average Bonchev–Trinajstić information content (AvgIpc) is 3.45. The lowest BCUT2D eigenvalue weighted by Gasteiger charge is -2.38. The molecular weight excluding hydrogens is 418 g/mol. The van der Waals surface area contributed by atoms with Crippen molar-refractivity contribution in [1.29, 1.82) is 0 Å². The molecule has 3 aromatic rings. The molecule has 4 rings (SSSR count). The molecule has 0 spiro atoms. The number of H-pyrrole nitrogens is 1. The SMILES string of the molecule is CC(C(=O)N1CCC[C@@H](N(C)C(=O)NCc2cc3cc(Cl)ccc3[nH]2)C1)n1cncn1. The number of likely N-dealkylation sites (tertiary alicyclic amines) is 1. The second-order valence-electron chi connectivity index (χ2n) is 7.93. The largest absolute Gasteiger partial charge is 0.357 e. The van der Waals surface area contributed by atoms with Gasteiger partial charge in [-0.15, -0.1) is 0 Å². The Morgan fingerprint density at radius 3 is 3.00 bits per heavy atom. The molecule has 3 amide bonds. The molecule has 9 nitrogen and oxygen atoms in total. The number of fused-ring (bicyclic) bond motifs is 1. The molecule has 0 saturated carbocycles. The third-order valence-electron chi connectivity index (χ3n) is 5.84. The molecule has 0 aliphatic carbocycles. The van der Waals surface area contributed by atoms with Crippen LogP contribution in [0.4, 0.5) is 4.79 Å². The smallest absolute Gasteiger partial charge is 0.317 e. The van der Waals surface area contributed by atoms with Gasteiger partial charge in [-0.2, -0.15) is 5.10 Å². The molecule has 3 heterocycles. The number of rotatable bonds is 5. The molecule has 2 atom stereocenters. The van der Waals surface area contributed by atoms with Crippen molar-refractivity contribution in [3.05, 3.63) is 47.6 Å². The van der Waals surface area contributed by atoms with Crippen LogP contribution >= 0.6 is 11.6 Å². The molecule has 2 N–H and O–H groups in total. The maximum atomic E-state index is 12.9.